The minimum atomic E-state index is 0.204. The number of oxazole rings is 1. The van der Waals surface area contributed by atoms with Gasteiger partial charge in [-0.1, -0.05) is 94.6 Å². The maximum atomic E-state index is 6.93. The van der Waals surface area contributed by atoms with Crippen molar-refractivity contribution in [3.63, 3.8) is 0 Å². The summed E-state index contributed by atoms with van der Waals surface area (Å²) in [5, 5.41) is 0.809. The number of hydrogen-bond acceptors (Lipinski definition) is 5. The van der Waals surface area contributed by atoms with Crippen molar-refractivity contribution in [2.24, 2.45) is 23.7 Å². The van der Waals surface area contributed by atoms with Gasteiger partial charge in [-0.3, -0.25) is 4.90 Å². The zero-order valence-electron chi connectivity index (χ0n) is 28.0. The maximum absolute atomic E-state index is 6.93. The lowest BCUT2D eigenvalue weighted by Gasteiger charge is -2.39. The van der Waals surface area contributed by atoms with Crippen LogP contribution in [0, 0.1) is 23.7 Å². The lowest BCUT2D eigenvalue weighted by Crippen LogP contribution is -2.39. The number of nitrogens with zero attached hydrogens (tertiary/aromatic N) is 4. The second-order valence-electron chi connectivity index (χ2n) is 14.0. The molecular formula is C38H55ClN4O. The summed E-state index contributed by atoms with van der Waals surface area (Å²) in [5.74, 6) is 4.58. The summed E-state index contributed by atoms with van der Waals surface area (Å²) in [6.07, 6.45) is 8.22. The monoisotopic (exact) mass is 618 g/mol. The first-order valence-electron chi connectivity index (χ1n) is 17.2. The van der Waals surface area contributed by atoms with E-state index in [4.69, 9.17) is 21.0 Å². The molecule has 6 heteroatoms. The van der Waals surface area contributed by atoms with Crippen LogP contribution in [0.4, 0.5) is 5.88 Å². The zero-order valence-corrected chi connectivity index (χ0v) is 28.8. The molecule has 0 amide bonds. The fraction of sp³-hybridized carbons (Fsp3) is 0.605. The van der Waals surface area contributed by atoms with Crippen molar-refractivity contribution >= 4 is 17.5 Å². The summed E-state index contributed by atoms with van der Waals surface area (Å²) >= 11 is 6.22. The highest BCUT2D eigenvalue weighted by molar-refractivity contribution is 6.30. The van der Waals surface area contributed by atoms with E-state index in [9.17, 15) is 0 Å². The van der Waals surface area contributed by atoms with Crippen molar-refractivity contribution in [3.05, 3.63) is 82.3 Å². The van der Waals surface area contributed by atoms with Gasteiger partial charge in [-0.15, -0.1) is 0 Å². The smallest absolute Gasteiger partial charge is 0.220 e. The average molecular weight is 619 g/mol. The van der Waals surface area contributed by atoms with Gasteiger partial charge in [0.1, 0.15) is 5.69 Å². The average Bonchev–Trinajstić information content (AvgIpc) is 3.42. The van der Waals surface area contributed by atoms with Crippen LogP contribution in [-0.4, -0.2) is 55.1 Å². The molecular weight excluding hydrogens is 564 g/mol. The molecule has 2 aliphatic rings. The topological polar surface area (TPSA) is 35.8 Å². The van der Waals surface area contributed by atoms with Gasteiger partial charge in [0, 0.05) is 30.6 Å². The summed E-state index contributed by atoms with van der Waals surface area (Å²) < 4.78 is 6.93. The highest BCUT2D eigenvalue weighted by Crippen LogP contribution is 2.43. The van der Waals surface area contributed by atoms with Crippen LogP contribution in [0.15, 0.2) is 59.0 Å². The van der Waals surface area contributed by atoms with Crippen LogP contribution in [0.5, 0.6) is 0 Å². The van der Waals surface area contributed by atoms with Gasteiger partial charge >= 0.3 is 0 Å². The molecule has 3 aromatic rings. The van der Waals surface area contributed by atoms with Crippen LogP contribution in [-0.2, 0) is 6.42 Å². The Hall–Kier alpha value is -2.34. The molecule has 5 rings (SSSR count). The van der Waals surface area contributed by atoms with Crippen LogP contribution in [0.3, 0.4) is 0 Å². The van der Waals surface area contributed by atoms with Gasteiger partial charge in [-0.25, -0.2) is 4.98 Å². The molecule has 0 radical (unpaired) electrons. The van der Waals surface area contributed by atoms with Gasteiger partial charge in [0.2, 0.25) is 11.8 Å². The van der Waals surface area contributed by atoms with Gasteiger partial charge in [-0.05, 0) is 99.8 Å². The van der Waals surface area contributed by atoms with Gasteiger partial charge in [-0.2, -0.15) is 0 Å². The third-order valence-electron chi connectivity index (χ3n) is 10.3. The number of aromatic nitrogens is 1. The molecule has 240 valence electrons. The first-order valence-corrected chi connectivity index (χ1v) is 17.6. The molecule has 0 N–H and O–H groups in total. The molecule has 4 unspecified atom stereocenters. The molecule has 1 aromatic heterocycles. The minimum Gasteiger partial charge on any atom is -0.423 e. The second kappa shape index (κ2) is 15.3. The van der Waals surface area contributed by atoms with E-state index < -0.39 is 0 Å². The van der Waals surface area contributed by atoms with Gasteiger partial charge < -0.3 is 14.2 Å². The van der Waals surface area contributed by atoms with Gasteiger partial charge in [0.15, 0.2) is 0 Å². The molecule has 2 heterocycles. The van der Waals surface area contributed by atoms with Crippen molar-refractivity contribution < 1.29 is 4.42 Å². The zero-order chi connectivity index (χ0) is 31.2. The minimum absolute atomic E-state index is 0.204. The molecule has 1 aliphatic carbocycles. The Kier molecular flexibility index (Phi) is 11.5. The Morgan fingerprint density at radius 2 is 1.55 bits per heavy atom. The van der Waals surface area contributed by atoms with E-state index in [0.717, 1.165) is 61.5 Å². The van der Waals surface area contributed by atoms with Crippen LogP contribution < -0.4 is 4.90 Å². The Labute approximate surface area is 272 Å². The molecule has 2 fully saturated rings. The van der Waals surface area contributed by atoms with Gasteiger partial charge in [0.05, 0.1) is 6.04 Å². The van der Waals surface area contributed by atoms with E-state index >= 15 is 0 Å². The van der Waals surface area contributed by atoms with Crippen molar-refractivity contribution in [2.45, 2.75) is 84.7 Å². The lowest BCUT2D eigenvalue weighted by atomic mass is 9.74. The maximum Gasteiger partial charge on any atom is 0.220 e. The predicted octanol–water partition coefficient (Wildman–Crippen LogP) is 9.28. The van der Waals surface area contributed by atoms with E-state index in [0.29, 0.717) is 29.7 Å². The van der Waals surface area contributed by atoms with Gasteiger partial charge in [0.25, 0.3) is 0 Å². The Balaban J connectivity index is 1.36. The summed E-state index contributed by atoms with van der Waals surface area (Å²) in [7, 11) is 4.44. The summed E-state index contributed by atoms with van der Waals surface area (Å²) in [6, 6.07) is 19.9. The summed E-state index contributed by atoms with van der Waals surface area (Å²) in [6.45, 7) is 13.4. The molecule has 1 saturated carbocycles. The lowest BCUT2D eigenvalue weighted by molar-refractivity contribution is 0.112. The number of benzene rings is 2. The number of piperidine rings is 1. The van der Waals surface area contributed by atoms with E-state index in [2.05, 4.69) is 99.0 Å². The first-order chi connectivity index (χ1) is 21.2. The van der Waals surface area contributed by atoms with Crippen molar-refractivity contribution in [2.75, 3.05) is 45.2 Å². The first kappa shape index (κ1) is 33.0. The van der Waals surface area contributed by atoms with Crippen LogP contribution in [0.1, 0.15) is 101 Å². The molecule has 0 bridgehead atoms. The van der Waals surface area contributed by atoms with Crippen molar-refractivity contribution in [3.8, 4) is 0 Å². The molecule has 44 heavy (non-hydrogen) atoms. The van der Waals surface area contributed by atoms with E-state index in [1.807, 2.05) is 12.1 Å². The molecule has 0 spiro atoms. The molecule has 4 atom stereocenters. The molecule has 2 aromatic carbocycles. The quantitative estimate of drug-likeness (QED) is 0.202. The Morgan fingerprint density at radius 1 is 0.909 bits per heavy atom. The summed E-state index contributed by atoms with van der Waals surface area (Å²) in [5.41, 5.74) is 3.77. The number of hydrogen-bond donors (Lipinski definition) is 0. The second-order valence-corrected chi connectivity index (χ2v) is 14.5. The number of anilines is 1. The van der Waals surface area contributed by atoms with E-state index in [1.165, 1.54) is 43.2 Å². The molecule has 1 aliphatic heterocycles. The van der Waals surface area contributed by atoms with Crippen LogP contribution in [0.2, 0.25) is 5.02 Å². The SMILES string of the molecule is CCN(CC)C(CC1CCC(C(c2ccc(Cl)cc2)N(C)C)CC1)c1nc(Cc2ccccc2)c(N2CC(C)CC(C)C2)o1. The van der Waals surface area contributed by atoms with E-state index in [-0.39, 0.29) is 6.04 Å². The standard InChI is InChI=1S/C38H55ClN4O/c1-7-42(8-2)35(24-30-14-16-31(17-15-30)36(41(5)6)32-18-20-33(39)21-19-32)37-40-34(23-29-12-10-9-11-13-29)38(44-37)43-25-27(3)22-28(4)26-43/h9-13,18-21,27-28,30-31,35-36H,7-8,14-17,22-26H2,1-6H3. The Morgan fingerprint density at radius 3 is 2.14 bits per heavy atom. The van der Waals surface area contributed by atoms with E-state index in [1.54, 1.807) is 0 Å². The largest absolute Gasteiger partial charge is 0.423 e. The summed E-state index contributed by atoms with van der Waals surface area (Å²) in [4.78, 5) is 12.8. The fourth-order valence-electron chi connectivity index (χ4n) is 8.26. The van der Waals surface area contributed by atoms with Crippen LogP contribution >= 0.6 is 11.6 Å². The number of rotatable bonds is 12. The highest BCUT2D eigenvalue weighted by atomic mass is 35.5. The number of halogens is 1. The predicted molar refractivity (Wildman–Crippen MR) is 185 cm³/mol. The van der Waals surface area contributed by atoms with Crippen molar-refractivity contribution in [1.82, 2.24) is 14.8 Å². The third-order valence-corrected chi connectivity index (χ3v) is 10.5. The molecule has 1 saturated heterocycles. The third kappa shape index (κ3) is 8.08. The van der Waals surface area contributed by atoms with Crippen molar-refractivity contribution in [1.29, 1.82) is 0 Å². The fourth-order valence-corrected chi connectivity index (χ4v) is 8.39. The van der Waals surface area contributed by atoms with Crippen LogP contribution in [0.25, 0.3) is 0 Å². The highest BCUT2D eigenvalue weighted by Gasteiger charge is 2.35. The Bertz CT molecular complexity index is 1270. The normalized spacial score (nSPS) is 24.2. The molecule has 5 nitrogen and oxygen atoms in total.